The molecular formula is C17H35N3O. The van der Waals surface area contributed by atoms with E-state index in [2.05, 4.69) is 36.0 Å². The highest BCUT2D eigenvalue weighted by Gasteiger charge is 2.37. The van der Waals surface area contributed by atoms with Gasteiger partial charge in [0, 0.05) is 30.7 Å². The molecule has 4 nitrogen and oxygen atoms in total. The zero-order valence-corrected chi connectivity index (χ0v) is 14.3. The molecule has 1 saturated heterocycles. The maximum absolute atomic E-state index is 9.90. The van der Waals surface area contributed by atoms with Gasteiger partial charge in [0.2, 0.25) is 0 Å². The van der Waals surface area contributed by atoms with Crippen molar-refractivity contribution in [3.05, 3.63) is 0 Å². The van der Waals surface area contributed by atoms with Crippen molar-refractivity contribution in [2.75, 3.05) is 39.8 Å². The Morgan fingerprint density at radius 2 is 2.00 bits per heavy atom. The summed E-state index contributed by atoms with van der Waals surface area (Å²) in [4.78, 5) is 5.12. The van der Waals surface area contributed by atoms with Crippen molar-refractivity contribution in [3.8, 4) is 0 Å². The van der Waals surface area contributed by atoms with Crippen LogP contribution in [0.4, 0.5) is 0 Å². The van der Waals surface area contributed by atoms with Crippen LogP contribution in [0.5, 0.6) is 0 Å². The molecule has 1 aliphatic heterocycles. The maximum atomic E-state index is 9.90. The quantitative estimate of drug-likeness (QED) is 0.750. The second kappa shape index (κ2) is 7.91. The van der Waals surface area contributed by atoms with E-state index in [1.807, 2.05) is 0 Å². The number of aliphatic hydroxyl groups is 1. The van der Waals surface area contributed by atoms with Gasteiger partial charge in [-0.05, 0) is 58.7 Å². The summed E-state index contributed by atoms with van der Waals surface area (Å²) in [5.41, 5.74) is -0.0566. The number of aliphatic hydroxyl groups excluding tert-OH is 1. The summed E-state index contributed by atoms with van der Waals surface area (Å²) in [7, 11) is 2.27. The van der Waals surface area contributed by atoms with Crippen molar-refractivity contribution < 1.29 is 5.11 Å². The zero-order valence-electron chi connectivity index (χ0n) is 14.3. The molecule has 0 aromatic rings. The molecular weight excluding hydrogens is 262 g/mol. The van der Waals surface area contributed by atoms with Gasteiger partial charge in [0.15, 0.2) is 0 Å². The molecule has 2 atom stereocenters. The number of nitrogens with one attached hydrogen (secondary N) is 1. The fourth-order valence-corrected chi connectivity index (χ4v) is 4.13. The van der Waals surface area contributed by atoms with Crippen LogP contribution in [-0.2, 0) is 0 Å². The van der Waals surface area contributed by atoms with Crippen LogP contribution in [0.1, 0.15) is 52.4 Å². The molecule has 1 saturated carbocycles. The number of hydrogen-bond acceptors (Lipinski definition) is 4. The van der Waals surface area contributed by atoms with Gasteiger partial charge in [-0.25, -0.2) is 0 Å². The molecule has 0 aromatic heterocycles. The monoisotopic (exact) mass is 297 g/mol. The molecule has 4 heteroatoms. The van der Waals surface area contributed by atoms with Crippen LogP contribution in [-0.4, -0.2) is 72.4 Å². The molecule has 2 fully saturated rings. The van der Waals surface area contributed by atoms with E-state index >= 15 is 0 Å². The van der Waals surface area contributed by atoms with Crippen LogP contribution >= 0.6 is 0 Å². The Hall–Kier alpha value is -0.160. The Morgan fingerprint density at radius 3 is 2.62 bits per heavy atom. The van der Waals surface area contributed by atoms with E-state index in [-0.39, 0.29) is 12.1 Å². The van der Waals surface area contributed by atoms with Crippen LogP contribution < -0.4 is 5.32 Å². The van der Waals surface area contributed by atoms with Gasteiger partial charge in [0.25, 0.3) is 0 Å². The second-order valence-electron chi connectivity index (χ2n) is 7.52. The van der Waals surface area contributed by atoms with Crippen molar-refractivity contribution in [3.63, 3.8) is 0 Å². The van der Waals surface area contributed by atoms with Gasteiger partial charge in [-0.1, -0.05) is 13.8 Å². The summed E-state index contributed by atoms with van der Waals surface area (Å²) >= 11 is 0. The normalized spacial score (nSPS) is 31.4. The molecule has 2 unspecified atom stereocenters. The minimum atomic E-state index is -0.0566. The molecule has 0 bridgehead atoms. The SMILES string of the molecule is CC(C)NC1(CO)CCCC(N(C)CCN2CCCC2)C1. The third-order valence-electron chi connectivity index (χ3n) is 5.31. The van der Waals surface area contributed by atoms with E-state index < -0.39 is 0 Å². The highest BCUT2D eigenvalue weighted by atomic mass is 16.3. The molecule has 21 heavy (non-hydrogen) atoms. The predicted molar refractivity (Wildman–Crippen MR) is 88.6 cm³/mol. The molecule has 1 heterocycles. The number of hydrogen-bond donors (Lipinski definition) is 2. The number of rotatable bonds is 7. The van der Waals surface area contributed by atoms with E-state index in [0.29, 0.717) is 12.1 Å². The van der Waals surface area contributed by atoms with Crippen molar-refractivity contribution >= 4 is 0 Å². The van der Waals surface area contributed by atoms with Gasteiger partial charge >= 0.3 is 0 Å². The average Bonchev–Trinajstić information content (AvgIpc) is 2.97. The molecule has 1 aliphatic carbocycles. The molecule has 124 valence electrons. The summed E-state index contributed by atoms with van der Waals surface area (Å²) in [6, 6.07) is 1.05. The van der Waals surface area contributed by atoms with Crippen LogP contribution in [0.2, 0.25) is 0 Å². The molecule has 2 aliphatic rings. The summed E-state index contributed by atoms with van der Waals surface area (Å²) in [5.74, 6) is 0. The number of likely N-dealkylation sites (tertiary alicyclic amines) is 1. The second-order valence-corrected chi connectivity index (χ2v) is 7.52. The first kappa shape index (κ1) is 17.2. The van der Waals surface area contributed by atoms with E-state index in [0.717, 1.165) is 19.4 Å². The van der Waals surface area contributed by atoms with E-state index in [4.69, 9.17) is 0 Å². The molecule has 0 aromatic carbocycles. The Balaban J connectivity index is 1.83. The third kappa shape index (κ3) is 4.92. The first-order chi connectivity index (χ1) is 10.0. The fraction of sp³-hybridized carbons (Fsp3) is 1.00. The number of nitrogens with zero attached hydrogens (tertiary/aromatic N) is 2. The first-order valence-corrected chi connectivity index (χ1v) is 8.86. The van der Waals surface area contributed by atoms with Gasteiger partial charge in [-0.3, -0.25) is 0 Å². The minimum absolute atomic E-state index is 0.0566. The summed E-state index contributed by atoms with van der Waals surface area (Å²) in [6.45, 7) is 9.56. The van der Waals surface area contributed by atoms with Gasteiger partial charge in [0.05, 0.1) is 6.61 Å². The van der Waals surface area contributed by atoms with Crippen LogP contribution in [0, 0.1) is 0 Å². The standard InChI is InChI=1S/C17H35N3O/c1-15(2)18-17(14-21)8-6-7-16(13-17)19(3)11-12-20-9-4-5-10-20/h15-16,18,21H,4-14H2,1-3H3. The lowest BCUT2D eigenvalue weighted by Gasteiger charge is -2.44. The van der Waals surface area contributed by atoms with Gasteiger partial charge in [0.1, 0.15) is 0 Å². The van der Waals surface area contributed by atoms with Crippen LogP contribution in [0.3, 0.4) is 0 Å². The Kier molecular flexibility index (Phi) is 6.48. The Bertz CT molecular complexity index is 304. The largest absolute Gasteiger partial charge is 0.394 e. The summed E-state index contributed by atoms with van der Waals surface area (Å²) in [5, 5.41) is 13.5. The number of likely N-dealkylation sites (N-methyl/N-ethyl adjacent to an activating group) is 1. The van der Waals surface area contributed by atoms with Gasteiger partial charge in [-0.15, -0.1) is 0 Å². The van der Waals surface area contributed by atoms with Crippen LogP contribution in [0.15, 0.2) is 0 Å². The van der Waals surface area contributed by atoms with Gasteiger partial charge < -0.3 is 20.2 Å². The van der Waals surface area contributed by atoms with Crippen molar-refractivity contribution in [1.29, 1.82) is 0 Å². The Labute approximate surface area is 130 Å². The summed E-state index contributed by atoms with van der Waals surface area (Å²) < 4.78 is 0. The van der Waals surface area contributed by atoms with E-state index in [9.17, 15) is 5.11 Å². The lowest BCUT2D eigenvalue weighted by atomic mass is 9.78. The minimum Gasteiger partial charge on any atom is -0.394 e. The van der Waals surface area contributed by atoms with Crippen molar-refractivity contribution in [2.45, 2.75) is 70.0 Å². The van der Waals surface area contributed by atoms with Crippen molar-refractivity contribution in [1.82, 2.24) is 15.1 Å². The zero-order chi connectivity index (χ0) is 15.3. The average molecular weight is 297 g/mol. The topological polar surface area (TPSA) is 38.7 Å². The highest BCUT2D eigenvalue weighted by Crippen LogP contribution is 2.31. The third-order valence-corrected chi connectivity index (χ3v) is 5.31. The highest BCUT2D eigenvalue weighted by molar-refractivity contribution is 4.97. The molecule has 0 radical (unpaired) electrons. The lowest BCUT2D eigenvalue weighted by Crippen LogP contribution is -2.57. The van der Waals surface area contributed by atoms with E-state index in [1.165, 1.54) is 45.3 Å². The van der Waals surface area contributed by atoms with Crippen molar-refractivity contribution in [2.24, 2.45) is 0 Å². The lowest BCUT2D eigenvalue weighted by molar-refractivity contribution is 0.0611. The van der Waals surface area contributed by atoms with E-state index in [1.54, 1.807) is 0 Å². The molecule has 0 spiro atoms. The summed E-state index contributed by atoms with van der Waals surface area (Å²) in [6.07, 6.45) is 7.44. The van der Waals surface area contributed by atoms with Crippen LogP contribution in [0.25, 0.3) is 0 Å². The maximum Gasteiger partial charge on any atom is 0.0613 e. The predicted octanol–water partition coefficient (Wildman–Crippen LogP) is 1.69. The molecule has 2 N–H and O–H groups in total. The first-order valence-electron chi connectivity index (χ1n) is 8.86. The molecule has 2 rings (SSSR count). The Morgan fingerprint density at radius 1 is 1.29 bits per heavy atom. The molecule has 0 amide bonds. The van der Waals surface area contributed by atoms with Gasteiger partial charge in [-0.2, -0.15) is 0 Å². The fourth-order valence-electron chi connectivity index (χ4n) is 4.13. The smallest absolute Gasteiger partial charge is 0.0613 e.